The SMILES string of the molecule is CN(CC1CC1)c1cc(OCc2ccccc2)c(OCc2ccccc2)nn1. The van der Waals surface area contributed by atoms with Crippen molar-refractivity contribution >= 4 is 5.82 Å². The highest BCUT2D eigenvalue weighted by atomic mass is 16.5. The number of hydrogen-bond donors (Lipinski definition) is 0. The molecule has 1 saturated carbocycles. The van der Waals surface area contributed by atoms with Crippen molar-refractivity contribution < 1.29 is 9.47 Å². The molecule has 0 atom stereocenters. The summed E-state index contributed by atoms with van der Waals surface area (Å²) in [5, 5.41) is 8.67. The molecule has 0 bridgehead atoms. The van der Waals surface area contributed by atoms with E-state index in [1.165, 1.54) is 12.8 Å². The zero-order valence-electron chi connectivity index (χ0n) is 16.1. The summed E-state index contributed by atoms with van der Waals surface area (Å²) in [4.78, 5) is 2.14. The minimum Gasteiger partial charge on any atom is -0.483 e. The van der Waals surface area contributed by atoms with Crippen LogP contribution in [0.1, 0.15) is 24.0 Å². The van der Waals surface area contributed by atoms with Crippen molar-refractivity contribution in [2.45, 2.75) is 26.1 Å². The molecule has 0 amide bonds. The first-order chi connectivity index (χ1) is 13.8. The van der Waals surface area contributed by atoms with Crippen LogP contribution in [0.3, 0.4) is 0 Å². The Morgan fingerprint density at radius 2 is 1.46 bits per heavy atom. The van der Waals surface area contributed by atoms with E-state index in [1.807, 2.05) is 73.8 Å². The summed E-state index contributed by atoms with van der Waals surface area (Å²) < 4.78 is 12.0. The van der Waals surface area contributed by atoms with Crippen LogP contribution in [0, 0.1) is 5.92 Å². The topological polar surface area (TPSA) is 47.5 Å². The molecule has 1 aliphatic carbocycles. The molecular weight excluding hydrogens is 350 g/mol. The van der Waals surface area contributed by atoms with Gasteiger partial charge in [0.05, 0.1) is 0 Å². The van der Waals surface area contributed by atoms with Gasteiger partial charge >= 0.3 is 0 Å². The first kappa shape index (κ1) is 18.3. The molecular formula is C23H25N3O2. The second-order valence-corrected chi connectivity index (χ2v) is 7.24. The molecule has 1 aromatic heterocycles. The maximum atomic E-state index is 6.07. The normalized spacial score (nSPS) is 13.2. The van der Waals surface area contributed by atoms with Gasteiger partial charge in [-0.05, 0) is 29.9 Å². The lowest BCUT2D eigenvalue weighted by molar-refractivity contribution is 0.244. The molecule has 0 spiro atoms. The Bertz CT molecular complexity index is 883. The van der Waals surface area contributed by atoms with Crippen molar-refractivity contribution in [3.8, 4) is 11.6 Å². The third kappa shape index (κ3) is 5.00. The molecule has 0 radical (unpaired) electrons. The van der Waals surface area contributed by atoms with Crippen LogP contribution < -0.4 is 14.4 Å². The van der Waals surface area contributed by atoms with Gasteiger partial charge in [0.15, 0.2) is 11.6 Å². The molecule has 0 unspecified atom stereocenters. The van der Waals surface area contributed by atoms with Crippen LogP contribution in [-0.2, 0) is 13.2 Å². The van der Waals surface area contributed by atoms with Crippen molar-refractivity contribution in [1.82, 2.24) is 10.2 Å². The average Bonchev–Trinajstić information content (AvgIpc) is 3.56. The molecule has 1 fully saturated rings. The molecule has 1 aliphatic rings. The number of benzene rings is 2. The van der Waals surface area contributed by atoms with Crippen LogP contribution in [0.2, 0.25) is 0 Å². The Morgan fingerprint density at radius 1 is 0.857 bits per heavy atom. The first-order valence-electron chi connectivity index (χ1n) is 9.70. The fourth-order valence-electron chi connectivity index (χ4n) is 2.99. The number of anilines is 1. The lowest BCUT2D eigenvalue weighted by Crippen LogP contribution is -2.21. The summed E-state index contributed by atoms with van der Waals surface area (Å²) in [5.41, 5.74) is 2.18. The number of nitrogens with zero attached hydrogens (tertiary/aromatic N) is 3. The second-order valence-electron chi connectivity index (χ2n) is 7.24. The largest absolute Gasteiger partial charge is 0.483 e. The molecule has 2 aromatic carbocycles. The molecule has 5 heteroatoms. The van der Waals surface area contributed by atoms with E-state index in [9.17, 15) is 0 Å². The quantitative estimate of drug-likeness (QED) is 0.552. The van der Waals surface area contributed by atoms with Crippen molar-refractivity contribution in [3.63, 3.8) is 0 Å². The molecule has 0 saturated heterocycles. The first-order valence-corrected chi connectivity index (χ1v) is 9.70. The van der Waals surface area contributed by atoms with Gasteiger partial charge in [0.1, 0.15) is 13.2 Å². The number of hydrogen-bond acceptors (Lipinski definition) is 5. The maximum Gasteiger partial charge on any atom is 0.276 e. The lowest BCUT2D eigenvalue weighted by atomic mass is 10.2. The average molecular weight is 375 g/mol. The van der Waals surface area contributed by atoms with E-state index in [4.69, 9.17) is 9.47 Å². The Balaban J connectivity index is 1.50. The van der Waals surface area contributed by atoms with Crippen molar-refractivity contribution in [2.75, 3.05) is 18.5 Å². The van der Waals surface area contributed by atoms with E-state index < -0.39 is 0 Å². The van der Waals surface area contributed by atoms with Crippen LogP contribution >= 0.6 is 0 Å². The fourth-order valence-corrected chi connectivity index (χ4v) is 2.99. The Morgan fingerprint density at radius 3 is 2.07 bits per heavy atom. The Hall–Kier alpha value is -3.08. The smallest absolute Gasteiger partial charge is 0.276 e. The summed E-state index contributed by atoms with van der Waals surface area (Å²) in [6.07, 6.45) is 2.60. The number of rotatable bonds is 9. The van der Waals surface area contributed by atoms with Crippen molar-refractivity contribution in [1.29, 1.82) is 0 Å². The van der Waals surface area contributed by atoms with E-state index >= 15 is 0 Å². The highest BCUT2D eigenvalue weighted by Crippen LogP contribution is 2.33. The monoisotopic (exact) mass is 375 g/mol. The van der Waals surface area contributed by atoms with E-state index in [0.717, 1.165) is 29.4 Å². The highest BCUT2D eigenvalue weighted by molar-refractivity contribution is 5.46. The molecule has 28 heavy (non-hydrogen) atoms. The summed E-state index contributed by atoms with van der Waals surface area (Å²) in [6, 6.07) is 22.0. The van der Waals surface area contributed by atoms with Gasteiger partial charge < -0.3 is 14.4 Å². The number of aromatic nitrogens is 2. The highest BCUT2D eigenvalue weighted by Gasteiger charge is 2.24. The van der Waals surface area contributed by atoms with E-state index in [2.05, 4.69) is 15.1 Å². The predicted octanol–water partition coefficient (Wildman–Crippen LogP) is 4.48. The molecule has 144 valence electrons. The zero-order chi connectivity index (χ0) is 19.2. The predicted molar refractivity (Wildman–Crippen MR) is 110 cm³/mol. The van der Waals surface area contributed by atoms with Gasteiger partial charge in [-0.3, -0.25) is 0 Å². The van der Waals surface area contributed by atoms with Crippen LogP contribution in [-0.4, -0.2) is 23.8 Å². The third-order valence-electron chi connectivity index (χ3n) is 4.79. The van der Waals surface area contributed by atoms with Crippen LogP contribution in [0.5, 0.6) is 11.6 Å². The van der Waals surface area contributed by atoms with Crippen LogP contribution in [0.15, 0.2) is 66.7 Å². The van der Waals surface area contributed by atoms with Gasteiger partial charge in [0.25, 0.3) is 5.88 Å². The number of ether oxygens (including phenoxy) is 2. The van der Waals surface area contributed by atoms with Crippen molar-refractivity contribution in [2.24, 2.45) is 5.92 Å². The molecule has 3 aromatic rings. The Kier molecular flexibility index (Phi) is 5.71. The van der Waals surface area contributed by atoms with Crippen molar-refractivity contribution in [3.05, 3.63) is 77.9 Å². The third-order valence-corrected chi connectivity index (χ3v) is 4.79. The second kappa shape index (κ2) is 8.74. The minimum absolute atomic E-state index is 0.420. The van der Waals surface area contributed by atoms with Crippen LogP contribution in [0.4, 0.5) is 5.82 Å². The molecule has 0 aliphatic heterocycles. The zero-order valence-corrected chi connectivity index (χ0v) is 16.1. The fraction of sp³-hybridized carbons (Fsp3) is 0.304. The molecule has 4 rings (SSSR count). The van der Waals surface area contributed by atoms with Gasteiger partial charge in [-0.2, -0.15) is 0 Å². The lowest BCUT2D eigenvalue weighted by Gasteiger charge is -2.19. The molecule has 0 N–H and O–H groups in total. The minimum atomic E-state index is 0.420. The van der Waals surface area contributed by atoms with Gasteiger partial charge in [-0.15, -0.1) is 10.2 Å². The molecule has 1 heterocycles. The van der Waals surface area contributed by atoms with E-state index in [0.29, 0.717) is 24.8 Å². The standard InChI is InChI=1S/C23H25N3O2/c1-26(15-18-12-13-18)22-14-21(27-16-19-8-4-2-5-9-19)23(25-24-22)28-17-20-10-6-3-7-11-20/h2-11,14,18H,12-13,15-17H2,1H3. The summed E-state index contributed by atoms with van der Waals surface area (Å²) in [6.45, 7) is 1.88. The molecule has 5 nitrogen and oxygen atoms in total. The Labute approximate surface area is 165 Å². The summed E-state index contributed by atoms with van der Waals surface area (Å²) in [5.74, 6) is 2.62. The van der Waals surface area contributed by atoms with E-state index in [-0.39, 0.29) is 0 Å². The summed E-state index contributed by atoms with van der Waals surface area (Å²) in [7, 11) is 2.05. The summed E-state index contributed by atoms with van der Waals surface area (Å²) >= 11 is 0. The van der Waals surface area contributed by atoms with Gasteiger partial charge in [0, 0.05) is 19.7 Å². The maximum absolute atomic E-state index is 6.07. The van der Waals surface area contributed by atoms with Gasteiger partial charge in [-0.1, -0.05) is 60.7 Å². The van der Waals surface area contributed by atoms with Crippen LogP contribution in [0.25, 0.3) is 0 Å². The van der Waals surface area contributed by atoms with Gasteiger partial charge in [-0.25, -0.2) is 0 Å². The van der Waals surface area contributed by atoms with E-state index in [1.54, 1.807) is 0 Å². The van der Waals surface area contributed by atoms with Gasteiger partial charge in [0.2, 0.25) is 0 Å².